The number of hydrogen-bond donors (Lipinski definition) is 2. The zero-order valence-electron chi connectivity index (χ0n) is 9.35. The highest BCUT2D eigenvalue weighted by molar-refractivity contribution is 5.73. The van der Waals surface area contributed by atoms with Crippen LogP contribution in [0.25, 0.3) is 11.1 Å². The van der Waals surface area contributed by atoms with Crippen LogP contribution in [-0.4, -0.2) is 5.84 Å². The summed E-state index contributed by atoms with van der Waals surface area (Å²) in [4.78, 5) is 0. The first-order chi connectivity index (χ1) is 7.70. The van der Waals surface area contributed by atoms with Gasteiger partial charge in [-0.1, -0.05) is 60.7 Å². The minimum atomic E-state index is 0.167. The van der Waals surface area contributed by atoms with Crippen LogP contribution in [0.4, 0.5) is 0 Å². The summed E-state index contributed by atoms with van der Waals surface area (Å²) in [5.41, 5.74) is 7.25. The van der Waals surface area contributed by atoms with Gasteiger partial charge in [0, 0.05) is 0 Å². The minimum Gasteiger partial charge on any atom is -0.388 e. The molecular formula is C14H16N2. The fourth-order valence-corrected chi connectivity index (χ4v) is 1.26. The van der Waals surface area contributed by atoms with Crippen molar-refractivity contribution in [2.24, 2.45) is 5.73 Å². The van der Waals surface area contributed by atoms with E-state index >= 15 is 0 Å². The maximum atomic E-state index is 6.28. The number of nitrogens with one attached hydrogen (secondary N) is 1. The zero-order chi connectivity index (χ0) is 11.8. The lowest BCUT2D eigenvalue weighted by atomic mass is 10.1. The molecule has 2 aromatic carbocycles. The summed E-state index contributed by atoms with van der Waals surface area (Å²) in [6.45, 7) is 1.53. The van der Waals surface area contributed by atoms with E-state index in [0.717, 1.165) is 0 Å². The van der Waals surface area contributed by atoms with Gasteiger partial charge >= 0.3 is 0 Å². The standard InChI is InChI=1S/C12H10.C2H6N2/c1-3-7-11(8-4-1)12-9-5-2-6-10-12;1-2(3)4/h1-10H;1H3,(H3,3,4). The molecule has 0 unspecified atom stereocenters. The van der Waals surface area contributed by atoms with Crippen LogP contribution in [0.15, 0.2) is 60.7 Å². The highest BCUT2D eigenvalue weighted by Crippen LogP contribution is 2.17. The van der Waals surface area contributed by atoms with E-state index in [1.165, 1.54) is 18.1 Å². The first kappa shape index (κ1) is 12.0. The third-order valence-corrected chi connectivity index (χ3v) is 1.88. The summed E-state index contributed by atoms with van der Waals surface area (Å²) in [6.07, 6.45) is 0. The molecule has 0 aliphatic heterocycles. The molecule has 0 saturated heterocycles. The molecule has 2 aromatic rings. The third kappa shape index (κ3) is 4.42. The number of nitrogens with two attached hydrogens (primary N) is 1. The zero-order valence-corrected chi connectivity index (χ0v) is 9.35. The van der Waals surface area contributed by atoms with Crippen molar-refractivity contribution in [3.8, 4) is 11.1 Å². The maximum Gasteiger partial charge on any atom is 0.0873 e. The first-order valence-electron chi connectivity index (χ1n) is 5.11. The van der Waals surface area contributed by atoms with E-state index in [1.54, 1.807) is 0 Å². The molecule has 0 aliphatic carbocycles. The van der Waals surface area contributed by atoms with Crippen LogP contribution in [0, 0.1) is 5.41 Å². The molecular weight excluding hydrogens is 196 g/mol. The molecule has 0 heterocycles. The Morgan fingerprint density at radius 1 is 0.812 bits per heavy atom. The summed E-state index contributed by atoms with van der Waals surface area (Å²) in [7, 11) is 0. The second-order valence-electron chi connectivity index (χ2n) is 3.42. The van der Waals surface area contributed by atoms with E-state index in [9.17, 15) is 0 Å². The Hall–Kier alpha value is -2.09. The fourth-order valence-electron chi connectivity index (χ4n) is 1.26. The van der Waals surface area contributed by atoms with Crippen molar-refractivity contribution >= 4 is 5.84 Å². The van der Waals surface area contributed by atoms with Crippen LogP contribution in [-0.2, 0) is 0 Å². The molecule has 0 fully saturated rings. The molecule has 16 heavy (non-hydrogen) atoms. The van der Waals surface area contributed by atoms with E-state index in [-0.39, 0.29) is 5.84 Å². The molecule has 0 amide bonds. The first-order valence-corrected chi connectivity index (χ1v) is 5.11. The Labute approximate surface area is 96.2 Å². The van der Waals surface area contributed by atoms with Gasteiger partial charge in [-0.25, -0.2) is 0 Å². The fraction of sp³-hybridized carbons (Fsp3) is 0.0714. The molecule has 0 bridgehead atoms. The number of rotatable bonds is 1. The lowest BCUT2D eigenvalue weighted by Crippen LogP contribution is -2.00. The third-order valence-electron chi connectivity index (χ3n) is 1.88. The van der Waals surface area contributed by atoms with Crippen molar-refractivity contribution in [3.63, 3.8) is 0 Å². The molecule has 2 rings (SSSR count). The lowest BCUT2D eigenvalue weighted by molar-refractivity contribution is 1.42. The van der Waals surface area contributed by atoms with Gasteiger partial charge in [0.1, 0.15) is 0 Å². The van der Waals surface area contributed by atoms with Gasteiger partial charge in [0.05, 0.1) is 5.84 Å². The molecule has 0 spiro atoms. The molecule has 0 aromatic heterocycles. The number of hydrogen-bond acceptors (Lipinski definition) is 1. The molecule has 0 aliphatic rings. The van der Waals surface area contributed by atoms with Crippen LogP contribution < -0.4 is 5.73 Å². The second-order valence-corrected chi connectivity index (χ2v) is 3.42. The largest absolute Gasteiger partial charge is 0.388 e. The summed E-state index contributed by atoms with van der Waals surface area (Å²) in [5.74, 6) is 0.167. The van der Waals surface area contributed by atoms with E-state index in [1.807, 2.05) is 12.1 Å². The summed E-state index contributed by atoms with van der Waals surface area (Å²) >= 11 is 0. The van der Waals surface area contributed by atoms with Gasteiger partial charge in [0.15, 0.2) is 0 Å². The van der Waals surface area contributed by atoms with Gasteiger partial charge < -0.3 is 5.73 Å². The predicted molar refractivity (Wildman–Crippen MR) is 69.5 cm³/mol. The molecule has 0 saturated carbocycles. The van der Waals surface area contributed by atoms with Gasteiger partial charge in [0.2, 0.25) is 0 Å². The van der Waals surface area contributed by atoms with Gasteiger partial charge in [-0.15, -0.1) is 0 Å². The Morgan fingerprint density at radius 3 is 1.31 bits per heavy atom. The van der Waals surface area contributed by atoms with Crippen LogP contribution in [0.1, 0.15) is 6.92 Å². The smallest absolute Gasteiger partial charge is 0.0873 e. The Kier molecular flexibility index (Phi) is 4.80. The average molecular weight is 212 g/mol. The van der Waals surface area contributed by atoms with Gasteiger partial charge in [-0.2, -0.15) is 0 Å². The van der Waals surface area contributed by atoms with Crippen LogP contribution in [0.2, 0.25) is 0 Å². The van der Waals surface area contributed by atoms with Crippen molar-refractivity contribution in [3.05, 3.63) is 60.7 Å². The van der Waals surface area contributed by atoms with E-state index in [0.29, 0.717) is 0 Å². The predicted octanol–water partition coefficient (Wildman–Crippen LogP) is 3.30. The second kappa shape index (κ2) is 6.40. The SMILES string of the molecule is CC(=N)N.c1ccc(-c2ccccc2)cc1. The summed E-state index contributed by atoms with van der Waals surface area (Å²) in [6, 6.07) is 20.8. The number of benzene rings is 2. The molecule has 2 heteroatoms. The Morgan fingerprint density at radius 2 is 1.06 bits per heavy atom. The summed E-state index contributed by atoms with van der Waals surface area (Å²) in [5, 5.41) is 6.28. The minimum absolute atomic E-state index is 0.167. The van der Waals surface area contributed by atoms with Crippen molar-refractivity contribution < 1.29 is 0 Å². The van der Waals surface area contributed by atoms with E-state index < -0.39 is 0 Å². The van der Waals surface area contributed by atoms with Gasteiger partial charge in [0.25, 0.3) is 0 Å². The van der Waals surface area contributed by atoms with Crippen molar-refractivity contribution in [2.75, 3.05) is 0 Å². The van der Waals surface area contributed by atoms with Crippen LogP contribution >= 0.6 is 0 Å². The number of amidine groups is 1. The monoisotopic (exact) mass is 212 g/mol. The molecule has 0 radical (unpaired) electrons. The highest BCUT2D eigenvalue weighted by Gasteiger charge is 1.91. The van der Waals surface area contributed by atoms with Crippen molar-refractivity contribution in [2.45, 2.75) is 6.92 Å². The quantitative estimate of drug-likeness (QED) is 0.553. The van der Waals surface area contributed by atoms with Gasteiger partial charge in [-0.3, -0.25) is 5.41 Å². The molecule has 0 atom stereocenters. The van der Waals surface area contributed by atoms with Crippen LogP contribution in [0.5, 0.6) is 0 Å². The normalized spacial score (nSPS) is 8.81. The highest BCUT2D eigenvalue weighted by atomic mass is 14.7. The van der Waals surface area contributed by atoms with Gasteiger partial charge in [-0.05, 0) is 18.1 Å². The van der Waals surface area contributed by atoms with E-state index in [2.05, 4.69) is 48.5 Å². The van der Waals surface area contributed by atoms with Crippen molar-refractivity contribution in [1.29, 1.82) is 5.41 Å². The molecule has 2 nitrogen and oxygen atoms in total. The Balaban J connectivity index is 0.000000280. The molecule has 3 N–H and O–H groups in total. The topological polar surface area (TPSA) is 49.9 Å². The summed E-state index contributed by atoms with van der Waals surface area (Å²) < 4.78 is 0. The molecule has 82 valence electrons. The lowest BCUT2D eigenvalue weighted by Gasteiger charge is -1.98. The van der Waals surface area contributed by atoms with Crippen molar-refractivity contribution in [1.82, 2.24) is 0 Å². The average Bonchev–Trinajstić information content (AvgIpc) is 2.31. The Bertz CT molecular complexity index is 380. The maximum absolute atomic E-state index is 6.28. The van der Waals surface area contributed by atoms with E-state index in [4.69, 9.17) is 11.1 Å². The van der Waals surface area contributed by atoms with Crippen LogP contribution in [0.3, 0.4) is 0 Å².